The zero-order chi connectivity index (χ0) is 23.5. The summed E-state index contributed by atoms with van der Waals surface area (Å²) in [5.74, 6) is 0.805. The number of hydrogen-bond acceptors (Lipinski definition) is 4. The second kappa shape index (κ2) is 9.32. The van der Waals surface area contributed by atoms with Gasteiger partial charge in [0.05, 0.1) is 25.4 Å². The SMILES string of the molecule is CCOc1cc(C(=O)N(C)Cc2c(C)c(OC)cc3cn[nH]c23)ccc1-c1cccc(F)c1. The number of hydrogen-bond donors (Lipinski definition) is 1. The molecule has 3 aromatic carbocycles. The maximum Gasteiger partial charge on any atom is 0.254 e. The summed E-state index contributed by atoms with van der Waals surface area (Å²) in [6.45, 7) is 4.64. The summed E-state index contributed by atoms with van der Waals surface area (Å²) in [7, 11) is 3.38. The van der Waals surface area contributed by atoms with Crippen molar-refractivity contribution in [2.24, 2.45) is 0 Å². The van der Waals surface area contributed by atoms with Crippen molar-refractivity contribution in [3.05, 3.63) is 77.2 Å². The van der Waals surface area contributed by atoms with E-state index in [1.807, 2.05) is 26.0 Å². The summed E-state index contributed by atoms with van der Waals surface area (Å²) in [5, 5.41) is 8.09. The number of amides is 1. The van der Waals surface area contributed by atoms with Crippen LogP contribution in [0.5, 0.6) is 11.5 Å². The summed E-state index contributed by atoms with van der Waals surface area (Å²) in [5.41, 5.74) is 4.69. The van der Waals surface area contributed by atoms with Crippen LogP contribution in [0, 0.1) is 12.7 Å². The molecule has 7 heteroatoms. The van der Waals surface area contributed by atoms with Crippen molar-refractivity contribution in [2.45, 2.75) is 20.4 Å². The zero-order valence-electron chi connectivity index (χ0n) is 19.1. The van der Waals surface area contributed by atoms with Crippen LogP contribution in [0.15, 0.2) is 54.7 Å². The van der Waals surface area contributed by atoms with Gasteiger partial charge in [-0.1, -0.05) is 12.1 Å². The van der Waals surface area contributed by atoms with Crippen molar-refractivity contribution in [3.63, 3.8) is 0 Å². The van der Waals surface area contributed by atoms with Crippen LogP contribution in [-0.4, -0.2) is 41.8 Å². The van der Waals surface area contributed by atoms with Crippen molar-refractivity contribution in [1.82, 2.24) is 15.1 Å². The number of benzene rings is 3. The highest BCUT2D eigenvalue weighted by molar-refractivity contribution is 5.96. The topological polar surface area (TPSA) is 67.4 Å². The van der Waals surface area contributed by atoms with E-state index >= 15 is 0 Å². The van der Waals surface area contributed by atoms with E-state index in [0.717, 1.165) is 33.3 Å². The van der Waals surface area contributed by atoms with Crippen LogP contribution in [0.2, 0.25) is 0 Å². The molecule has 0 spiro atoms. The third kappa shape index (κ3) is 4.39. The van der Waals surface area contributed by atoms with E-state index in [1.165, 1.54) is 12.1 Å². The first kappa shape index (κ1) is 22.3. The molecule has 0 aliphatic carbocycles. The van der Waals surface area contributed by atoms with E-state index < -0.39 is 0 Å². The van der Waals surface area contributed by atoms with E-state index in [2.05, 4.69) is 10.2 Å². The lowest BCUT2D eigenvalue weighted by molar-refractivity contribution is 0.0785. The number of H-pyrrole nitrogens is 1. The Bertz CT molecular complexity index is 1320. The summed E-state index contributed by atoms with van der Waals surface area (Å²) in [6.07, 6.45) is 1.74. The second-order valence-corrected chi connectivity index (χ2v) is 7.83. The van der Waals surface area contributed by atoms with Gasteiger partial charge < -0.3 is 14.4 Å². The standard InChI is InChI=1S/C26H26FN3O3/c1-5-33-24-12-18(9-10-21(24)17-7-6-8-20(27)11-17)26(31)30(3)15-22-16(2)23(32-4)13-19-14-28-29-25(19)22/h6-14H,5,15H2,1-4H3,(H,28,29). The molecule has 6 nitrogen and oxygen atoms in total. The Kier molecular flexibility index (Phi) is 6.31. The monoisotopic (exact) mass is 447 g/mol. The molecule has 0 saturated carbocycles. The fourth-order valence-corrected chi connectivity index (χ4v) is 4.00. The van der Waals surface area contributed by atoms with Gasteiger partial charge in [-0.3, -0.25) is 9.89 Å². The molecule has 0 unspecified atom stereocenters. The Labute approximate surface area is 191 Å². The maximum absolute atomic E-state index is 13.7. The smallest absolute Gasteiger partial charge is 0.254 e. The molecule has 0 fully saturated rings. The van der Waals surface area contributed by atoms with Gasteiger partial charge >= 0.3 is 0 Å². The Morgan fingerprint density at radius 2 is 1.97 bits per heavy atom. The minimum Gasteiger partial charge on any atom is -0.496 e. The van der Waals surface area contributed by atoms with Crippen LogP contribution >= 0.6 is 0 Å². The van der Waals surface area contributed by atoms with Crippen molar-refractivity contribution >= 4 is 16.8 Å². The quantitative estimate of drug-likeness (QED) is 0.414. The van der Waals surface area contributed by atoms with Gasteiger partial charge in [-0.25, -0.2) is 4.39 Å². The number of halogens is 1. The van der Waals surface area contributed by atoms with Crippen molar-refractivity contribution in [3.8, 4) is 22.6 Å². The van der Waals surface area contributed by atoms with Gasteiger partial charge in [0.1, 0.15) is 17.3 Å². The summed E-state index contributed by atoms with van der Waals surface area (Å²) in [4.78, 5) is 14.9. The number of aromatic amines is 1. The normalized spacial score (nSPS) is 10.9. The largest absolute Gasteiger partial charge is 0.496 e. The Balaban J connectivity index is 1.66. The number of carbonyl (C=O) groups is 1. The molecule has 0 atom stereocenters. The lowest BCUT2D eigenvalue weighted by Crippen LogP contribution is -2.26. The molecule has 1 amide bonds. The van der Waals surface area contributed by atoms with E-state index in [4.69, 9.17) is 9.47 Å². The number of methoxy groups -OCH3 is 1. The molecule has 0 saturated heterocycles. The molecule has 4 rings (SSSR count). The van der Waals surface area contributed by atoms with Gasteiger partial charge in [0.15, 0.2) is 0 Å². The van der Waals surface area contributed by atoms with Crippen LogP contribution in [0.3, 0.4) is 0 Å². The molecular weight excluding hydrogens is 421 g/mol. The fourth-order valence-electron chi connectivity index (χ4n) is 4.00. The van der Waals surface area contributed by atoms with Gasteiger partial charge in [-0.2, -0.15) is 5.10 Å². The highest BCUT2D eigenvalue weighted by Gasteiger charge is 2.19. The lowest BCUT2D eigenvalue weighted by atomic mass is 10.0. The minimum absolute atomic E-state index is 0.156. The first-order valence-corrected chi connectivity index (χ1v) is 10.7. The fraction of sp³-hybridized carbons (Fsp3) is 0.231. The summed E-state index contributed by atoms with van der Waals surface area (Å²) < 4.78 is 25.0. The maximum atomic E-state index is 13.7. The second-order valence-electron chi connectivity index (χ2n) is 7.83. The van der Waals surface area contributed by atoms with E-state index in [9.17, 15) is 9.18 Å². The molecule has 0 aliphatic heterocycles. The van der Waals surface area contributed by atoms with Crippen molar-refractivity contribution < 1.29 is 18.7 Å². The Hall–Kier alpha value is -3.87. The third-order valence-corrected chi connectivity index (χ3v) is 5.71. The number of aromatic nitrogens is 2. The molecular formula is C26H26FN3O3. The molecule has 4 aromatic rings. The number of ether oxygens (including phenoxy) is 2. The number of rotatable bonds is 7. The first-order chi connectivity index (χ1) is 15.9. The van der Waals surface area contributed by atoms with Gasteiger partial charge in [0.25, 0.3) is 5.91 Å². The highest BCUT2D eigenvalue weighted by atomic mass is 19.1. The molecule has 0 aliphatic rings. The molecule has 1 aromatic heterocycles. The van der Waals surface area contributed by atoms with E-state index in [-0.39, 0.29) is 11.7 Å². The summed E-state index contributed by atoms with van der Waals surface area (Å²) >= 11 is 0. The van der Waals surface area contributed by atoms with Crippen LogP contribution < -0.4 is 9.47 Å². The summed E-state index contributed by atoms with van der Waals surface area (Å²) in [6, 6.07) is 13.5. The molecule has 1 heterocycles. The number of fused-ring (bicyclic) bond motifs is 1. The Morgan fingerprint density at radius 3 is 2.70 bits per heavy atom. The molecule has 0 radical (unpaired) electrons. The van der Waals surface area contributed by atoms with Crippen molar-refractivity contribution in [2.75, 3.05) is 20.8 Å². The van der Waals surface area contributed by atoms with Gasteiger partial charge in [0.2, 0.25) is 0 Å². The average molecular weight is 448 g/mol. The molecule has 33 heavy (non-hydrogen) atoms. The van der Waals surface area contributed by atoms with Gasteiger partial charge in [-0.15, -0.1) is 0 Å². The Morgan fingerprint density at radius 1 is 1.15 bits per heavy atom. The number of nitrogens with zero attached hydrogens (tertiary/aromatic N) is 2. The zero-order valence-corrected chi connectivity index (χ0v) is 19.1. The van der Waals surface area contributed by atoms with Crippen LogP contribution in [0.4, 0.5) is 4.39 Å². The molecule has 170 valence electrons. The number of nitrogens with one attached hydrogen (secondary N) is 1. The van der Waals surface area contributed by atoms with E-state index in [1.54, 1.807) is 49.5 Å². The predicted octanol–water partition coefficient (Wildman–Crippen LogP) is 5.36. The average Bonchev–Trinajstić information content (AvgIpc) is 3.28. The minimum atomic E-state index is -0.325. The highest BCUT2D eigenvalue weighted by Crippen LogP contribution is 2.33. The first-order valence-electron chi connectivity index (χ1n) is 10.7. The van der Waals surface area contributed by atoms with Crippen LogP contribution in [-0.2, 0) is 6.54 Å². The van der Waals surface area contributed by atoms with Gasteiger partial charge in [-0.05, 0) is 61.4 Å². The number of carbonyl (C=O) groups excluding carboxylic acids is 1. The predicted molar refractivity (Wildman–Crippen MR) is 126 cm³/mol. The van der Waals surface area contributed by atoms with Crippen LogP contribution in [0.1, 0.15) is 28.4 Å². The van der Waals surface area contributed by atoms with Crippen LogP contribution in [0.25, 0.3) is 22.0 Å². The molecule has 0 bridgehead atoms. The lowest BCUT2D eigenvalue weighted by Gasteiger charge is -2.21. The van der Waals surface area contributed by atoms with Gasteiger partial charge in [0, 0.05) is 35.7 Å². The van der Waals surface area contributed by atoms with Crippen molar-refractivity contribution in [1.29, 1.82) is 0 Å². The van der Waals surface area contributed by atoms with E-state index in [0.29, 0.717) is 30.0 Å². The molecule has 1 N–H and O–H groups in total. The third-order valence-electron chi connectivity index (χ3n) is 5.71.